The Balaban J connectivity index is 1.88. The number of nitrogens with one attached hydrogen (secondary N) is 1. The van der Waals surface area contributed by atoms with E-state index in [-0.39, 0.29) is 30.9 Å². The Bertz CT molecular complexity index is 866. The largest absolute Gasteiger partial charge is 0.467 e. The standard InChI is InChI=1S/C20H20N2O7/c1-28-19(24)17(11-12-18(23)15-5-3-2-4-6-15)21-20(25)29-13-14-7-9-16(10-8-14)22(26)27/h2-10,17H,11-13H2,1H3,(H,21,25). The number of ketones is 1. The Morgan fingerprint density at radius 1 is 1.07 bits per heavy atom. The molecule has 0 bridgehead atoms. The summed E-state index contributed by atoms with van der Waals surface area (Å²) < 4.78 is 9.70. The van der Waals surface area contributed by atoms with Gasteiger partial charge in [0.05, 0.1) is 12.0 Å². The fraction of sp³-hybridized carbons (Fsp3) is 0.250. The third-order valence-corrected chi connectivity index (χ3v) is 4.05. The molecule has 1 amide bonds. The van der Waals surface area contributed by atoms with Crippen molar-refractivity contribution in [3.63, 3.8) is 0 Å². The van der Waals surface area contributed by atoms with E-state index in [1.165, 1.54) is 31.4 Å². The zero-order valence-electron chi connectivity index (χ0n) is 15.7. The molecule has 0 fully saturated rings. The van der Waals surface area contributed by atoms with Crippen molar-refractivity contribution in [1.82, 2.24) is 5.32 Å². The van der Waals surface area contributed by atoms with Crippen molar-refractivity contribution in [1.29, 1.82) is 0 Å². The number of benzene rings is 2. The molecule has 0 aliphatic rings. The first-order valence-electron chi connectivity index (χ1n) is 8.73. The van der Waals surface area contributed by atoms with Crippen molar-refractivity contribution in [2.75, 3.05) is 7.11 Å². The molecule has 0 heterocycles. The van der Waals surface area contributed by atoms with Crippen molar-refractivity contribution < 1.29 is 28.8 Å². The highest BCUT2D eigenvalue weighted by Gasteiger charge is 2.23. The fourth-order valence-electron chi connectivity index (χ4n) is 2.48. The first-order chi connectivity index (χ1) is 13.9. The van der Waals surface area contributed by atoms with E-state index < -0.39 is 23.0 Å². The molecule has 0 saturated heterocycles. The monoisotopic (exact) mass is 400 g/mol. The summed E-state index contributed by atoms with van der Waals surface area (Å²) in [7, 11) is 1.18. The minimum absolute atomic E-state index is 0.0341. The van der Waals surface area contributed by atoms with Gasteiger partial charge in [0, 0.05) is 24.1 Å². The highest BCUT2D eigenvalue weighted by molar-refractivity contribution is 5.96. The number of Topliss-reactive ketones (excluding diaryl/α,β-unsaturated/α-hetero) is 1. The average molecular weight is 400 g/mol. The summed E-state index contributed by atoms with van der Waals surface area (Å²) in [4.78, 5) is 46.2. The van der Waals surface area contributed by atoms with Crippen molar-refractivity contribution >= 4 is 23.5 Å². The molecule has 1 unspecified atom stereocenters. The molecule has 2 aromatic rings. The number of rotatable bonds is 9. The second kappa shape index (κ2) is 10.5. The molecule has 9 heteroatoms. The van der Waals surface area contributed by atoms with Crippen LogP contribution in [0.3, 0.4) is 0 Å². The van der Waals surface area contributed by atoms with Gasteiger partial charge < -0.3 is 14.8 Å². The number of hydrogen-bond acceptors (Lipinski definition) is 7. The highest BCUT2D eigenvalue weighted by Crippen LogP contribution is 2.13. The van der Waals surface area contributed by atoms with Gasteiger partial charge in [0.25, 0.3) is 5.69 Å². The van der Waals surface area contributed by atoms with Gasteiger partial charge in [-0.3, -0.25) is 14.9 Å². The number of hydrogen-bond donors (Lipinski definition) is 1. The van der Waals surface area contributed by atoms with E-state index in [2.05, 4.69) is 10.1 Å². The van der Waals surface area contributed by atoms with Crippen LogP contribution in [-0.2, 0) is 20.9 Å². The van der Waals surface area contributed by atoms with Gasteiger partial charge in [-0.15, -0.1) is 0 Å². The van der Waals surface area contributed by atoms with Gasteiger partial charge >= 0.3 is 12.1 Å². The summed E-state index contributed by atoms with van der Waals surface area (Å²) in [6, 6.07) is 13.1. The van der Waals surface area contributed by atoms with Gasteiger partial charge in [0.1, 0.15) is 12.6 Å². The number of amides is 1. The normalized spacial score (nSPS) is 11.2. The van der Waals surface area contributed by atoms with Crippen molar-refractivity contribution in [2.45, 2.75) is 25.5 Å². The van der Waals surface area contributed by atoms with Crippen LogP contribution in [0, 0.1) is 10.1 Å². The molecule has 0 aliphatic carbocycles. The van der Waals surface area contributed by atoms with E-state index in [1.54, 1.807) is 30.3 Å². The van der Waals surface area contributed by atoms with E-state index in [0.717, 1.165) is 0 Å². The topological polar surface area (TPSA) is 125 Å². The second-order valence-electron chi connectivity index (χ2n) is 6.05. The van der Waals surface area contributed by atoms with E-state index in [0.29, 0.717) is 11.1 Å². The zero-order valence-corrected chi connectivity index (χ0v) is 15.7. The third kappa shape index (κ3) is 6.73. The van der Waals surface area contributed by atoms with E-state index in [1.807, 2.05) is 0 Å². The molecule has 29 heavy (non-hydrogen) atoms. The summed E-state index contributed by atoms with van der Waals surface area (Å²) in [5, 5.41) is 13.0. The van der Waals surface area contributed by atoms with Crippen LogP contribution in [0.2, 0.25) is 0 Å². The van der Waals surface area contributed by atoms with Crippen LogP contribution in [0.1, 0.15) is 28.8 Å². The van der Waals surface area contributed by atoms with Crippen molar-refractivity contribution in [2.24, 2.45) is 0 Å². The predicted molar refractivity (Wildman–Crippen MR) is 102 cm³/mol. The van der Waals surface area contributed by atoms with E-state index in [4.69, 9.17) is 4.74 Å². The summed E-state index contributed by atoms with van der Waals surface area (Å²) in [5.41, 5.74) is 0.975. The third-order valence-electron chi connectivity index (χ3n) is 4.05. The molecule has 0 aliphatic heterocycles. The number of methoxy groups -OCH3 is 1. The molecule has 0 saturated carbocycles. The number of nitro benzene ring substituents is 1. The molecule has 9 nitrogen and oxygen atoms in total. The lowest BCUT2D eigenvalue weighted by atomic mass is 10.0. The fourth-order valence-corrected chi connectivity index (χ4v) is 2.48. The van der Waals surface area contributed by atoms with Crippen molar-refractivity contribution in [3.05, 3.63) is 75.8 Å². The Labute approximate surface area is 166 Å². The number of esters is 1. The molecular weight excluding hydrogens is 380 g/mol. The molecule has 0 radical (unpaired) electrons. The van der Waals surface area contributed by atoms with Gasteiger partial charge in [-0.05, 0) is 24.1 Å². The average Bonchev–Trinajstić information content (AvgIpc) is 2.75. The van der Waals surface area contributed by atoms with Crippen LogP contribution in [-0.4, -0.2) is 35.9 Å². The first-order valence-corrected chi connectivity index (χ1v) is 8.73. The molecule has 2 aromatic carbocycles. The number of carbonyl (C=O) groups is 3. The Morgan fingerprint density at radius 2 is 1.72 bits per heavy atom. The van der Waals surface area contributed by atoms with Crippen molar-refractivity contribution in [3.8, 4) is 0 Å². The molecule has 2 rings (SSSR count). The maximum Gasteiger partial charge on any atom is 0.408 e. The van der Waals surface area contributed by atoms with E-state index >= 15 is 0 Å². The van der Waals surface area contributed by atoms with Crippen LogP contribution < -0.4 is 5.32 Å². The molecule has 1 atom stereocenters. The summed E-state index contributed by atoms with van der Waals surface area (Å²) in [6.45, 7) is -0.138. The predicted octanol–water partition coefficient (Wildman–Crippen LogP) is 3.03. The van der Waals surface area contributed by atoms with Gasteiger partial charge in [0.15, 0.2) is 5.78 Å². The number of nitro groups is 1. The highest BCUT2D eigenvalue weighted by atomic mass is 16.6. The lowest BCUT2D eigenvalue weighted by molar-refractivity contribution is -0.384. The number of ether oxygens (including phenoxy) is 2. The summed E-state index contributed by atoms with van der Waals surface area (Å²) >= 11 is 0. The minimum atomic E-state index is -1.04. The minimum Gasteiger partial charge on any atom is -0.467 e. The lowest BCUT2D eigenvalue weighted by Crippen LogP contribution is -2.42. The van der Waals surface area contributed by atoms with Gasteiger partial charge in [0.2, 0.25) is 0 Å². The molecule has 1 N–H and O–H groups in total. The van der Waals surface area contributed by atoms with Crippen LogP contribution in [0.25, 0.3) is 0 Å². The molecule has 0 aromatic heterocycles. The molecular formula is C20H20N2O7. The lowest BCUT2D eigenvalue weighted by Gasteiger charge is -2.16. The van der Waals surface area contributed by atoms with E-state index in [9.17, 15) is 24.5 Å². The number of carbonyl (C=O) groups excluding carboxylic acids is 3. The maximum atomic E-state index is 12.2. The maximum absolute atomic E-state index is 12.2. The Hall–Kier alpha value is -3.75. The molecule has 152 valence electrons. The quantitative estimate of drug-likeness (QED) is 0.297. The van der Waals surface area contributed by atoms with Crippen LogP contribution in [0.4, 0.5) is 10.5 Å². The van der Waals surface area contributed by atoms with Crippen LogP contribution >= 0.6 is 0 Å². The number of non-ortho nitro benzene ring substituents is 1. The zero-order chi connectivity index (χ0) is 21.2. The Kier molecular flexibility index (Phi) is 7.84. The van der Waals surface area contributed by atoms with Gasteiger partial charge in [-0.2, -0.15) is 0 Å². The van der Waals surface area contributed by atoms with Gasteiger partial charge in [-0.25, -0.2) is 9.59 Å². The summed E-state index contributed by atoms with van der Waals surface area (Å²) in [5.74, 6) is -0.862. The molecule has 0 spiro atoms. The second-order valence-corrected chi connectivity index (χ2v) is 6.05. The smallest absolute Gasteiger partial charge is 0.408 e. The summed E-state index contributed by atoms with van der Waals surface area (Å²) in [6.07, 6.45) is -0.787. The number of nitrogens with zero attached hydrogens (tertiary/aromatic N) is 1. The van der Waals surface area contributed by atoms with Crippen LogP contribution in [0.5, 0.6) is 0 Å². The van der Waals surface area contributed by atoms with Crippen LogP contribution in [0.15, 0.2) is 54.6 Å². The SMILES string of the molecule is COC(=O)C(CCC(=O)c1ccccc1)NC(=O)OCc1ccc([N+](=O)[O-])cc1. The van der Waals surface area contributed by atoms with Gasteiger partial charge in [-0.1, -0.05) is 30.3 Å². The number of alkyl carbamates (subject to hydrolysis) is 1. The first kappa shape index (κ1) is 21.5. The Morgan fingerprint density at radius 3 is 2.31 bits per heavy atom.